The molecule has 1 aliphatic heterocycles. The van der Waals surface area contributed by atoms with Crippen LogP contribution in [-0.2, 0) is 11.1 Å². The zero-order valence-corrected chi connectivity index (χ0v) is 27.1. The first-order valence-corrected chi connectivity index (χ1v) is 15.4. The molecule has 242 valence electrons. The highest BCUT2D eigenvalue weighted by molar-refractivity contribution is 14.1. The molecule has 1 saturated carbocycles. The van der Waals surface area contributed by atoms with Gasteiger partial charge in [0.25, 0.3) is 5.91 Å². The molecule has 0 radical (unpaired) electrons. The van der Waals surface area contributed by atoms with Crippen molar-refractivity contribution in [3.63, 3.8) is 0 Å². The van der Waals surface area contributed by atoms with E-state index in [-0.39, 0.29) is 46.1 Å². The van der Waals surface area contributed by atoms with Gasteiger partial charge in [-0.25, -0.2) is 9.37 Å². The largest absolute Gasteiger partial charge is 0.493 e. The minimum atomic E-state index is -5.28. The van der Waals surface area contributed by atoms with Crippen LogP contribution in [0.25, 0.3) is 11.3 Å². The van der Waals surface area contributed by atoms with Crippen LogP contribution in [0.15, 0.2) is 42.5 Å². The fraction of sp³-hybridized carbons (Fsp3) is 0.400. The van der Waals surface area contributed by atoms with Gasteiger partial charge < -0.3 is 30.0 Å². The van der Waals surface area contributed by atoms with Crippen LogP contribution in [0.5, 0.6) is 17.2 Å². The van der Waals surface area contributed by atoms with Gasteiger partial charge in [-0.15, -0.1) is 0 Å². The van der Waals surface area contributed by atoms with E-state index in [2.05, 4.69) is 19.1 Å². The van der Waals surface area contributed by atoms with E-state index in [9.17, 15) is 27.5 Å². The molecular weight excluding hydrogens is 735 g/mol. The van der Waals surface area contributed by atoms with Gasteiger partial charge in [-0.2, -0.15) is 13.2 Å². The lowest BCUT2D eigenvalue weighted by atomic mass is 9.88. The summed E-state index contributed by atoms with van der Waals surface area (Å²) in [5.41, 5.74) is -5.02. The number of fused-ring (bicyclic) bond motifs is 1. The second-order valence-electron chi connectivity index (χ2n) is 11.0. The number of alkyl halides is 3. The number of aromatic nitrogens is 1. The lowest BCUT2D eigenvalue weighted by Crippen LogP contribution is -2.52. The van der Waals surface area contributed by atoms with E-state index in [1.54, 1.807) is 6.92 Å². The first-order chi connectivity index (χ1) is 21.3. The monoisotopic (exact) mass is 764 g/mol. The van der Waals surface area contributed by atoms with E-state index in [0.717, 1.165) is 25.0 Å². The number of hydrogen-bond donors (Lipinski definition) is 4. The summed E-state index contributed by atoms with van der Waals surface area (Å²) in [6.07, 6.45) is -3.44. The van der Waals surface area contributed by atoms with Gasteiger partial charge in [-0.05, 0) is 62.2 Å². The van der Waals surface area contributed by atoms with Crippen molar-refractivity contribution in [2.24, 2.45) is 0 Å². The van der Waals surface area contributed by atoms with Crippen LogP contribution in [0.4, 0.5) is 17.6 Å². The molecule has 1 fully saturated rings. The van der Waals surface area contributed by atoms with Crippen LogP contribution in [0.1, 0.15) is 41.4 Å². The fourth-order valence-corrected chi connectivity index (χ4v) is 5.33. The summed E-state index contributed by atoms with van der Waals surface area (Å²) < 4.78 is 78.3. The summed E-state index contributed by atoms with van der Waals surface area (Å²) in [6.45, 7) is 1.50. The average Bonchev–Trinajstić information content (AvgIpc) is 3.77. The van der Waals surface area contributed by atoms with Gasteiger partial charge in [0.15, 0.2) is 17.2 Å². The quantitative estimate of drug-likeness (QED) is 0.0840. The Morgan fingerprint density at radius 1 is 1.18 bits per heavy atom. The van der Waals surface area contributed by atoms with Crippen LogP contribution in [0, 0.1) is 5.82 Å². The predicted octanol–water partition coefficient (Wildman–Crippen LogP) is 5.41. The fourth-order valence-electron chi connectivity index (χ4n) is 4.88. The highest BCUT2D eigenvalue weighted by Gasteiger charge is 2.57. The number of nitrogens with one attached hydrogen (secondary N) is 3. The average molecular weight is 765 g/mol. The smallest absolute Gasteiger partial charge is 0.424 e. The SMILES string of the molecule is COc1cc(C(=O)NCC(O)(c2cc3c(c(-c4ccc(F)c(Cl)c4)n2)OCC3(C)NCCNI)C(F)(F)F)ccc1OC1CC1. The van der Waals surface area contributed by atoms with Gasteiger partial charge in [-0.3, -0.25) is 8.32 Å². The van der Waals surface area contributed by atoms with Crippen molar-refractivity contribution in [1.29, 1.82) is 0 Å². The molecule has 15 heteroatoms. The second kappa shape index (κ2) is 13.1. The number of rotatable bonds is 12. The van der Waals surface area contributed by atoms with Crippen LogP contribution < -0.4 is 28.4 Å². The lowest BCUT2D eigenvalue weighted by molar-refractivity contribution is -0.265. The summed E-state index contributed by atoms with van der Waals surface area (Å²) in [7, 11) is 1.38. The molecule has 5 rings (SSSR count). The molecule has 1 aliphatic carbocycles. The van der Waals surface area contributed by atoms with Crippen LogP contribution in [-0.4, -0.2) is 61.6 Å². The number of aliphatic hydroxyl groups is 1. The molecule has 45 heavy (non-hydrogen) atoms. The summed E-state index contributed by atoms with van der Waals surface area (Å²) in [6, 6.07) is 8.95. The molecule has 2 unspecified atom stereocenters. The third-order valence-electron chi connectivity index (χ3n) is 7.64. The minimum Gasteiger partial charge on any atom is -0.493 e. The zero-order valence-electron chi connectivity index (χ0n) is 24.2. The van der Waals surface area contributed by atoms with Gasteiger partial charge in [0.1, 0.15) is 18.1 Å². The van der Waals surface area contributed by atoms with Crippen molar-refractivity contribution >= 4 is 40.4 Å². The number of hydrogen-bond acceptors (Lipinski definition) is 8. The third kappa shape index (κ3) is 6.94. The maximum atomic E-state index is 14.8. The summed E-state index contributed by atoms with van der Waals surface area (Å²) in [5.74, 6) is -0.805. The summed E-state index contributed by atoms with van der Waals surface area (Å²) >= 11 is 7.97. The van der Waals surface area contributed by atoms with Crippen molar-refractivity contribution in [3.05, 3.63) is 70.1 Å². The molecule has 0 bridgehead atoms. The Morgan fingerprint density at radius 2 is 1.93 bits per heavy atom. The molecular formula is C30H30ClF4IN4O5. The van der Waals surface area contributed by atoms with Crippen molar-refractivity contribution in [3.8, 4) is 28.5 Å². The summed E-state index contributed by atoms with van der Waals surface area (Å²) in [4.78, 5) is 17.3. The highest BCUT2D eigenvalue weighted by atomic mass is 127. The number of amides is 1. The first kappa shape index (κ1) is 33.4. The molecule has 1 aromatic heterocycles. The summed E-state index contributed by atoms with van der Waals surface area (Å²) in [5, 5.41) is 16.5. The highest BCUT2D eigenvalue weighted by Crippen LogP contribution is 2.47. The van der Waals surface area contributed by atoms with Crippen molar-refractivity contribution in [1.82, 2.24) is 19.1 Å². The van der Waals surface area contributed by atoms with Crippen LogP contribution in [0.3, 0.4) is 0 Å². The Morgan fingerprint density at radius 3 is 2.58 bits per heavy atom. The van der Waals surface area contributed by atoms with Crippen LogP contribution >= 0.6 is 34.5 Å². The number of benzene rings is 2. The second-order valence-corrected chi connectivity index (χ2v) is 12.2. The molecule has 2 heterocycles. The van der Waals surface area contributed by atoms with E-state index < -0.39 is 41.3 Å². The van der Waals surface area contributed by atoms with E-state index in [0.29, 0.717) is 24.4 Å². The Bertz CT molecular complexity index is 1590. The Kier molecular flexibility index (Phi) is 9.71. The van der Waals surface area contributed by atoms with E-state index >= 15 is 0 Å². The van der Waals surface area contributed by atoms with Crippen molar-refractivity contribution in [2.75, 3.05) is 33.4 Å². The standard InChI is InChI=1S/C30H30ClF4IN4O5/c1-28(38-9-10-39-36)15-44-26-19(28)13-24(40-25(26)16-3-7-21(32)20(31)11-16)29(42,30(33,34)35)14-37-27(41)17-4-8-22(23(12-17)43-2)45-18-5-6-18/h3-4,7-8,11-13,18,38-39,42H,5-6,9-10,14-15H2,1-2H3,(H,37,41). The Labute approximate surface area is 275 Å². The van der Waals surface area contributed by atoms with Crippen molar-refractivity contribution < 1.29 is 41.7 Å². The number of ether oxygens (including phenoxy) is 3. The van der Waals surface area contributed by atoms with Crippen molar-refractivity contribution in [2.45, 2.75) is 43.2 Å². The number of carbonyl (C=O) groups excluding carboxylic acids is 1. The normalized spacial score (nSPS) is 19.0. The maximum absolute atomic E-state index is 14.8. The number of carbonyl (C=O) groups is 1. The number of pyridine rings is 1. The molecule has 2 aliphatic rings. The van der Waals surface area contributed by atoms with Gasteiger partial charge >= 0.3 is 6.18 Å². The Balaban J connectivity index is 1.53. The Hall–Kier alpha value is -2.92. The zero-order chi connectivity index (χ0) is 32.6. The number of nitrogens with zero attached hydrogens (tertiary/aromatic N) is 1. The van der Waals surface area contributed by atoms with Gasteiger partial charge in [0.2, 0.25) is 5.60 Å². The minimum absolute atomic E-state index is 0.00266. The number of halogens is 6. The predicted molar refractivity (Wildman–Crippen MR) is 166 cm³/mol. The van der Waals surface area contributed by atoms with E-state index in [1.807, 2.05) is 22.9 Å². The molecule has 2 atom stereocenters. The molecule has 0 saturated heterocycles. The molecule has 2 aromatic carbocycles. The number of methoxy groups -OCH3 is 1. The van der Waals surface area contributed by atoms with Gasteiger partial charge in [0, 0.05) is 52.6 Å². The third-order valence-corrected chi connectivity index (χ3v) is 8.47. The van der Waals surface area contributed by atoms with E-state index in [4.69, 9.17) is 25.8 Å². The van der Waals surface area contributed by atoms with E-state index in [1.165, 1.54) is 37.4 Å². The topological polar surface area (TPSA) is 114 Å². The van der Waals surface area contributed by atoms with Crippen LogP contribution in [0.2, 0.25) is 5.02 Å². The molecule has 3 aromatic rings. The maximum Gasteiger partial charge on any atom is 0.424 e. The van der Waals surface area contributed by atoms with Gasteiger partial charge in [-0.1, -0.05) is 11.6 Å². The lowest BCUT2D eigenvalue weighted by Gasteiger charge is -2.32. The molecule has 4 N–H and O–H groups in total. The first-order valence-electron chi connectivity index (χ1n) is 13.9. The van der Waals surface area contributed by atoms with Gasteiger partial charge in [0.05, 0.1) is 36.0 Å². The molecule has 1 amide bonds. The molecule has 9 nitrogen and oxygen atoms in total. The molecule has 0 spiro atoms.